The second-order valence-corrected chi connectivity index (χ2v) is 8.91. The average Bonchev–Trinajstić information content (AvgIpc) is 3.22. The lowest BCUT2D eigenvalue weighted by atomic mass is 10.1. The van der Waals surface area contributed by atoms with Gasteiger partial charge in [0.25, 0.3) is 5.91 Å². The molecule has 174 valence electrons. The highest BCUT2D eigenvalue weighted by Crippen LogP contribution is 2.24. The van der Waals surface area contributed by atoms with Gasteiger partial charge in [-0.15, -0.1) is 10.2 Å². The third-order valence-electron chi connectivity index (χ3n) is 5.25. The number of para-hydroxylation sites is 1. The lowest BCUT2D eigenvalue weighted by Crippen LogP contribution is -2.29. The Bertz CT molecular complexity index is 1150. The fourth-order valence-electron chi connectivity index (χ4n) is 3.52. The van der Waals surface area contributed by atoms with Crippen LogP contribution in [-0.2, 0) is 17.8 Å². The zero-order valence-corrected chi connectivity index (χ0v) is 20.8. The molecule has 3 rings (SSSR count). The molecule has 2 amide bonds. The number of halogens is 1. The zero-order chi connectivity index (χ0) is 24.0. The van der Waals surface area contributed by atoms with Crippen molar-refractivity contribution in [3.8, 4) is 0 Å². The van der Waals surface area contributed by atoms with E-state index in [-0.39, 0.29) is 23.6 Å². The highest BCUT2D eigenvalue weighted by molar-refractivity contribution is 7.99. The molecule has 3 aromatic rings. The minimum absolute atomic E-state index is 0.101. The van der Waals surface area contributed by atoms with Crippen LogP contribution in [0.1, 0.15) is 54.1 Å². The number of aromatic nitrogens is 3. The van der Waals surface area contributed by atoms with Gasteiger partial charge in [-0.05, 0) is 50.5 Å². The molecule has 0 aliphatic rings. The molecule has 0 fully saturated rings. The molecule has 2 aromatic carbocycles. The van der Waals surface area contributed by atoms with E-state index < -0.39 is 0 Å². The Hall–Kier alpha value is -2.84. The standard InChI is InChI=1S/C24H28ClN5O2S/c1-5-17-11-9-10-15(3)21(17)27-20(31)14-33-24-29-28-22(30(24)6-2)16(4)26-23(32)18-12-7-8-13-19(18)25/h7-13,16H,5-6,14H2,1-4H3,(H,26,32)(H,27,31)/t16-/m1/s1. The minimum atomic E-state index is -0.386. The fraction of sp³-hybridized carbons (Fsp3) is 0.333. The molecule has 2 N–H and O–H groups in total. The molecule has 1 aromatic heterocycles. The van der Waals surface area contributed by atoms with Gasteiger partial charge in [0.1, 0.15) is 0 Å². The average molecular weight is 486 g/mol. The maximum absolute atomic E-state index is 12.6. The van der Waals surface area contributed by atoms with Crippen molar-refractivity contribution in [2.75, 3.05) is 11.1 Å². The van der Waals surface area contributed by atoms with E-state index in [9.17, 15) is 9.59 Å². The van der Waals surface area contributed by atoms with Crippen molar-refractivity contribution in [2.24, 2.45) is 0 Å². The summed E-state index contributed by atoms with van der Waals surface area (Å²) in [6, 6.07) is 12.5. The van der Waals surface area contributed by atoms with Gasteiger partial charge in [-0.3, -0.25) is 9.59 Å². The van der Waals surface area contributed by atoms with Crippen molar-refractivity contribution >= 4 is 40.9 Å². The summed E-state index contributed by atoms with van der Waals surface area (Å²) in [5.41, 5.74) is 3.42. The van der Waals surface area contributed by atoms with E-state index in [1.807, 2.05) is 43.5 Å². The van der Waals surface area contributed by atoms with Crippen LogP contribution in [0.25, 0.3) is 0 Å². The van der Waals surface area contributed by atoms with Crippen LogP contribution in [0.3, 0.4) is 0 Å². The topological polar surface area (TPSA) is 88.9 Å². The second kappa shape index (κ2) is 11.3. The number of carbonyl (C=O) groups is 2. The number of hydrogen-bond donors (Lipinski definition) is 2. The largest absolute Gasteiger partial charge is 0.342 e. The van der Waals surface area contributed by atoms with Gasteiger partial charge in [-0.25, -0.2) is 0 Å². The summed E-state index contributed by atoms with van der Waals surface area (Å²) in [5, 5.41) is 15.5. The third-order valence-corrected chi connectivity index (χ3v) is 6.55. The van der Waals surface area contributed by atoms with Crippen LogP contribution in [0, 0.1) is 6.92 Å². The first-order valence-corrected chi connectivity index (χ1v) is 12.2. The monoisotopic (exact) mass is 485 g/mol. The molecule has 7 nitrogen and oxygen atoms in total. The van der Waals surface area contributed by atoms with E-state index in [1.54, 1.807) is 24.3 Å². The maximum atomic E-state index is 12.6. The normalized spacial score (nSPS) is 11.8. The number of aryl methyl sites for hydroxylation is 2. The van der Waals surface area contributed by atoms with Gasteiger partial charge in [0, 0.05) is 12.2 Å². The van der Waals surface area contributed by atoms with Crippen LogP contribution in [0.4, 0.5) is 5.69 Å². The first kappa shape index (κ1) is 24.8. The predicted octanol–water partition coefficient (Wildman–Crippen LogP) is 5.04. The second-order valence-electron chi connectivity index (χ2n) is 7.56. The van der Waals surface area contributed by atoms with Crippen molar-refractivity contribution in [2.45, 2.75) is 51.9 Å². The van der Waals surface area contributed by atoms with Gasteiger partial charge in [-0.2, -0.15) is 0 Å². The summed E-state index contributed by atoms with van der Waals surface area (Å²) >= 11 is 7.45. The highest BCUT2D eigenvalue weighted by atomic mass is 35.5. The van der Waals surface area contributed by atoms with Crippen LogP contribution in [-0.4, -0.2) is 32.3 Å². The SMILES string of the molecule is CCc1cccc(C)c1NC(=O)CSc1nnc([C@@H](C)NC(=O)c2ccccc2Cl)n1CC. The molecule has 1 atom stereocenters. The lowest BCUT2D eigenvalue weighted by molar-refractivity contribution is -0.113. The summed E-state index contributed by atoms with van der Waals surface area (Å²) < 4.78 is 1.90. The van der Waals surface area contributed by atoms with E-state index in [0.717, 1.165) is 23.2 Å². The molecule has 0 aliphatic carbocycles. The number of thioether (sulfide) groups is 1. The Balaban J connectivity index is 1.66. The molecule has 0 saturated carbocycles. The Labute approximate surface area is 203 Å². The predicted molar refractivity (Wildman–Crippen MR) is 133 cm³/mol. The number of hydrogen-bond acceptors (Lipinski definition) is 5. The van der Waals surface area contributed by atoms with Crippen molar-refractivity contribution in [1.29, 1.82) is 0 Å². The number of carbonyl (C=O) groups excluding carboxylic acids is 2. The van der Waals surface area contributed by atoms with E-state index >= 15 is 0 Å². The smallest absolute Gasteiger partial charge is 0.253 e. The number of rotatable bonds is 9. The Morgan fingerprint density at radius 2 is 1.88 bits per heavy atom. The first-order valence-electron chi connectivity index (χ1n) is 10.8. The minimum Gasteiger partial charge on any atom is -0.342 e. The van der Waals surface area contributed by atoms with Crippen molar-refractivity contribution < 1.29 is 9.59 Å². The van der Waals surface area contributed by atoms with E-state index in [4.69, 9.17) is 11.6 Å². The summed E-state index contributed by atoms with van der Waals surface area (Å²) in [7, 11) is 0. The fourth-order valence-corrected chi connectivity index (χ4v) is 4.55. The van der Waals surface area contributed by atoms with Crippen molar-refractivity contribution in [1.82, 2.24) is 20.1 Å². The molecule has 33 heavy (non-hydrogen) atoms. The maximum Gasteiger partial charge on any atom is 0.253 e. The Kier molecular flexibility index (Phi) is 8.52. The van der Waals surface area contributed by atoms with Gasteiger partial charge in [0.2, 0.25) is 5.91 Å². The van der Waals surface area contributed by atoms with Crippen LogP contribution in [0.5, 0.6) is 0 Å². The summed E-state index contributed by atoms with van der Waals surface area (Å²) in [6.45, 7) is 8.48. The lowest BCUT2D eigenvalue weighted by Gasteiger charge is -2.16. The van der Waals surface area contributed by atoms with E-state index in [1.165, 1.54) is 11.8 Å². The van der Waals surface area contributed by atoms with E-state index in [0.29, 0.717) is 28.1 Å². The quantitative estimate of drug-likeness (QED) is 0.414. The van der Waals surface area contributed by atoms with Crippen molar-refractivity contribution in [3.63, 3.8) is 0 Å². The van der Waals surface area contributed by atoms with Crippen molar-refractivity contribution in [3.05, 3.63) is 70.0 Å². The van der Waals surface area contributed by atoms with Crippen LogP contribution in [0.15, 0.2) is 47.6 Å². The summed E-state index contributed by atoms with van der Waals surface area (Å²) in [5.74, 6) is 0.442. The summed E-state index contributed by atoms with van der Waals surface area (Å²) in [6.07, 6.45) is 0.843. The molecular formula is C24H28ClN5O2S. The number of amides is 2. The van der Waals surface area contributed by atoms with Gasteiger partial charge < -0.3 is 15.2 Å². The molecule has 0 radical (unpaired) electrons. The van der Waals surface area contributed by atoms with Gasteiger partial charge in [0.15, 0.2) is 11.0 Å². The molecule has 0 spiro atoms. The molecule has 0 aliphatic heterocycles. The zero-order valence-electron chi connectivity index (χ0n) is 19.2. The van der Waals surface area contributed by atoms with Crippen LogP contribution < -0.4 is 10.6 Å². The number of anilines is 1. The molecule has 0 unspecified atom stereocenters. The first-order chi connectivity index (χ1) is 15.8. The summed E-state index contributed by atoms with van der Waals surface area (Å²) in [4.78, 5) is 25.2. The molecule has 0 saturated heterocycles. The van der Waals surface area contributed by atoms with Crippen LogP contribution in [0.2, 0.25) is 5.02 Å². The molecule has 9 heteroatoms. The Morgan fingerprint density at radius 3 is 2.58 bits per heavy atom. The van der Waals surface area contributed by atoms with E-state index in [2.05, 4.69) is 27.8 Å². The number of benzene rings is 2. The van der Waals surface area contributed by atoms with Crippen LogP contribution >= 0.6 is 23.4 Å². The van der Waals surface area contributed by atoms with Gasteiger partial charge in [-0.1, -0.05) is 60.6 Å². The Morgan fingerprint density at radius 1 is 1.12 bits per heavy atom. The third kappa shape index (κ3) is 5.94. The molecule has 0 bridgehead atoms. The number of nitrogens with one attached hydrogen (secondary N) is 2. The van der Waals surface area contributed by atoms with Gasteiger partial charge in [0.05, 0.1) is 22.4 Å². The molecule has 1 heterocycles. The molecular weight excluding hydrogens is 458 g/mol. The highest BCUT2D eigenvalue weighted by Gasteiger charge is 2.21. The van der Waals surface area contributed by atoms with Gasteiger partial charge >= 0.3 is 0 Å². The number of nitrogens with zero attached hydrogens (tertiary/aromatic N) is 3.